The molecular weight excluding hydrogens is 373 g/mol. The fourth-order valence-electron chi connectivity index (χ4n) is 3.65. The van der Waals surface area contributed by atoms with E-state index in [1.165, 1.54) is 12.1 Å². The molecule has 0 saturated heterocycles. The third-order valence-electron chi connectivity index (χ3n) is 5.13. The lowest BCUT2D eigenvalue weighted by Crippen LogP contribution is -2.46. The summed E-state index contributed by atoms with van der Waals surface area (Å²) in [5.41, 5.74) is 2.75. The Morgan fingerprint density at radius 1 is 1.24 bits per heavy atom. The minimum Gasteiger partial charge on any atom is -0.497 e. The number of halogens is 1. The van der Waals surface area contributed by atoms with Gasteiger partial charge in [-0.2, -0.15) is 0 Å². The van der Waals surface area contributed by atoms with E-state index in [0.717, 1.165) is 22.7 Å². The SMILES string of the molecule is COc1ccc([C@@H]2c3nc[nH]c3CCN2C(=O)[C@H](C)Oc2ccccc2F)cc1. The first-order valence-corrected chi connectivity index (χ1v) is 9.46. The zero-order valence-corrected chi connectivity index (χ0v) is 16.3. The highest BCUT2D eigenvalue weighted by molar-refractivity contribution is 5.82. The highest BCUT2D eigenvalue weighted by Gasteiger charge is 2.36. The fourth-order valence-corrected chi connectivity index (χ4v) is 3.65. The number of H-pyrrole nitrogens is 1. The normalized spacial score (nSPS) is 16.8. The number of nitrogens with one attached hydrogen (secondary N) is 1. The number of ether oxygens (including phenoxy) is 2. The zero-order valence-electron chi connectivity index (χ0n) is 16.3. The highest BCUT2D eigenvalue weighted by atomic mass is 19.1. The zero-order chi connectivity index (χ0) is 20.4. The molecule has 4 rings (SSSR count). The maximum absolute atomic E-state index is 13.9. The highest BCUT2D eigenvalue weighted by Crippen LogP contribution is 2.34. The second kappa shape index (κ2) is 7.95. The van der Waals surface area contributed by atoms with E-state index in [4.69, 9.17) is 9.47 Å². The number of aromatic amines is 1. The van der Waals surface area contributed by atoms with Gasteiger partial charge in [0.05, 0.1) is 19.1 Å². The van der Waals surface area contributed by atoms with Crippen LogP contribution in [0, 0.1) is 5.82 Å². The number of amides is 1. The van der Waals surface area contributed by atoms with Gasteiger partial charge < -0.3 is 19.4 Å². The standard InChI is InChI=1S/C22H22FN3O3/c1-14(29-19-6-4-3-5-17(19)23)22(27)26-12-11-18-20(25-13-24-18)21(26)15-7-9-16(28-2)10-8-15/h3-10,13-14,21H,11-12H2,1-2H3,(H,24,25)/t14-,21+/m0/s1. The third kappa shape index (κ3) is 3.68. The van der Waals surface area contributed by atoms with Crippen molar-refractivity contribution in [3.8, 4) is 11.5 Å². The number of nitrogens with zero attached hydrogens (tertiary/aromatic N) is 2. The molecule has 0 aliphatic carbocycles. The molecule has 0 spiro atoms. The van der Waals surface area contributed by atoms with Gasteiger partial charge >= 0.3 is 0 Å². The van der Waals surface area contributed by atoms with E-state index in [9.17, 15) is 9.18 Å². The number of imidazole rings is 1. The van der Waals surface area contributed by atoms with Crippen LogP contribution >= 0.6 is 0 Å². The lowest BCUT2D eigenvalue weighted by atomic mass is 9.95. The lowest BCUT2D eigenvalue weighted by Gasteiger charge is -2.36. The van der Waals surface area contributed by atoms with E-state index < -0.39 is 11.9 Å². The molecule has 6 nitrogen and oxygen atoms in total. The van der Waals surface area contributed by atoms with Crippen LogP contribution in [0.5, 0.6) is 11.5 Å². The van der Waals surface area contributed by atoms with Crippen molar-refractivity contribution in [2.24, 2.45) is 0 Å². The van der Waals surface area contributed by atoms with E-state index in [1.54, 1.807) is 37.4 Å². The van der Waals surface area contributed by atoms with E-state index in [-0.39, 0.29) is 17.7 Å². The molecule has 0 bridgehead atoms. The predicted molar refractivity (Wildman–Crippen MR) is 105 cm³/mol. The summed E-state index contributed by atoms with van der Waals surface area (Å²) < 4.78 is 24.8. The van der Waals surface area contributed by atoms with E-state index in [2.05, 4.69) is 9.97 Å². The van der Waals surface area contributed by atoms with Crippen LogP contribution in [0.25, 0.3) is 0 Å². The minimum absolute atomic E-state index is 0.0619. The van der Waals surface area contributed by atoms with Gasteiger partial charge in [0.25, 0.3) is 5.91 Å². The number of benzene rings is 2. The molecule has 0 unspecified atom stereocenters. The smallest absolute Gasteiger partial charge is 0.264 e. The first kappa shape index (κ1) is 19.0. The fraction of sp³-hybridized carbons (Fsp3) is 0.273. The average Bonchev–Trinajstić information content (AvgIpc) is 3.23. The predicted octanol–water partition coefficient (Wildman–Crippen LogP) is 3.50. The summed E-state index contributed by atoms with van der Waals surface area (Å²) in [4.78, 5) is 22.6. The van der Waals surface area contributed by atoms with Crippen molar-refractivity contribution in [1.82, 2.24) is 14.9 Å². The van der Waals surface area contributed by atoms with Crippen molar-refractivity contribution in [2.75, 3.05) is 13.7 Å². The van der Waals surface area contributed by atoms with Gasteiger partial charge in [-0.05, 0) is 36.8 Å². The Labute approximate surface area is 168 Å². The summed E-state index contributed by atoms with van der Waals surface area (Å²) in [5, 5.41) is 0. The number of hydrogen-bond donors (Lipinski definition) is 1. The Morgan fingerprint density at radius 2 is 2.00 bits per heavy atom. The molecule has 7 heteroatoms. The first-order valence-electron chi connectivity index (χ1n) is 9.46. The summed E-state index contributed by atoms with van der Waals surface area (Å²) in [6, 6.07) is 13.3. The summed E-state index contributed by atoms with van der Waals surface area (Å²) >= 11 is 0. The van der Waals surface area contributed by atoms with Gasteiger partial charge in [0.15, 0.2) is 17.7 Å². The average molecular weight is 395 g/mol. The largest absolute Gasteiger partial charge is 0.497 e. The third-order valence-corrected chi connectivity index (χ3v) is 5.13. The minimum atomic E-state index is -0.840. The quantitative estimate of drug-likeness (QED) is 0.718. The van der Waals surface area contributed by atoms with E-state index in [1.807, 2.05) is 24.3 Å². The number of para-hydroxylation sites is 1. The molecule has 1 aromatic heterocycles. The number of carbonyl (C=O) groups is 1. The van der Waals surface area contributed by atoms with Crippen LogP contribution in [0.3, 0.4) is 0 Å². The van der Waals surface area contributed by atoms with Crippen LogP contribution in [0.15, 0.2) is 54.9 Å². The molecule has 1 aliphatic heterocycles. The number of methoxy groups -OCH3 is 1. The van der Waals surface area contributed by atoms with E-state index in [0.29, 0.717) is 13.0 Å². The summed E-state index contributed by atoms with van der Waals surface area (Å²) in [5.74, 6) is 0.0857. The summed E-state index contributed by atoms with van der Waals surface area (Å²) in [7, 11) is 1.61. The van der Waals surface area contributed by atoms with Gasteiger partial charge in [0, 0.05) is 18.7 Å². The topological polar surface area (TPSA) is 67.5 Å². The number of fused-ring (bicyclic) bond motifs is 1. The molecule has 3 aromatic rings. The van der Waals surface area contributed by atoms with Crippen molar-refractivity contribution in [3.05, 3.63) is 77.6 Å². The van der Waals surface area contributed by atoms with Crippen LogP contribution in [0.2, 0.25) is 0 Å². The number of hydrogen-bond acceptors (Lipinski definition) is 4. The van der Waals surface area contributed by atoms with Gasteiger partial charge in [-0.1, -0.05) is 24.3 Å². The molecule has 29 heavy (non-hydrogen) atoms. The molecule has 1 aliphatic rings. The second-order valence-corrected chi connectivity index (χ2v) is 6.91. The van der Waals surface area contributed by atoms with Crippen molar-refractivity contribution in [1.29, 1.82) is 0 Å². The maximum Gasteiger partial charge on any atom is 0.264 e. The van der Waals surface area contributed by atoms with Crippen molar-refractivity contribution in [2.45, 2.75) is 25.5 Å². The van der Waals surface area contributed by atoms with Crippen LogP contribution in [0.1, 0.15) is 29.9 Å². The summed E-state index contributed by atoms with van der Waals surface area (Å²) in [6.07, 6.45) is 1.47. The van der Waals surface area contributed by atoms with Crippen LogP contribution in [-0.2, 0) is 11.2 Å². The first-order chi connectivity index (χ1) is 14.1. The van der Waals surface area contributed by atoms with Crippen molar-refractivity contribution >= 4 is 5.91 Å². The van der Waals surface area contributed by atoms with Gasteiger partial charge in [-0.15, -0.1) is 0 Å². The summed E-state index contributed by atoms with van der Waals surface area (Å²) in [6.45, 7) is 2.15. The van der Waals surface area contributed by atoms with Gasteiger partial charge in [0.1, 0.15) is 11.8 Å². The van der Waals surface area contributed by atoms with Gasteiger partial charge in [-0.25, -0.2) is 9.37 Å². The molecule has 1 amide bonds. The Morgan fingerprint density at radius 3 is 2.72 bits per heavy atom. The molecule has 0 saturated carbocycles. The Bertz CT molecular complexity index is 1000. The lowest BCUT2D eigenvalue weighted by molar-refractivity contribution is -0.140. The molecular formula is C22H22FN3O3. The van der Waals surface area contributed by atoms with Crippen molar-refractivity contribution in [3.63, 3.8) is 0 Å². The molecule has 0 radical (unpaired) electrons. The van der Waals surface area contributed by atoms with E-state index >= 15 is 0 Å². The number of carbonyl (C=O) groups excluding carboxylic acids is 1. The molecule has 1 N–H and O–H groups in total. The monoisotopic (exact) mass is 395 g/mol. The van der Waals surface area contributed by atoms with Crippen LogP contribution in [-0.4, -0.2) is 40.5 Å². The Hall–Kier alpha value is -3.35. The molecule has 2 heterocycles. The molecule has 150 valence electrons. The molecule has 2 atom stereocenters. The van der Waals surface area contributed by atoms with Crippen molar-refractivity contribution < 1.29 is 18.7 Å². The van der Waals surface area contributed by atoms with Gasteiger partial charge in [0.2, 0.25) is 0 Å². The van der Waals surface area contributed by atoms with Gasteiger partial charge in [-0.3, -0.25) is 4.79 Å². The molecule has 0 fully saturated rings. The van der Waals surface area contributed by atoms with Crippen LogP contribution < -0.4 is 9.47 Å². The number of aromatic nitrogens is 2. The van der Waals surface area contributed by atoms with Crippen LogP contribution in [0.4, 0.5) is 4.39 Å². The Kier molecular flexibility index (Phi) is 5.20. The number of rotatable bonds is 5. The Balaban J connectivity index is 1.63. The molecule has 2 aromatic carbocycles. The second-order valence-electron chi connectivity index (χ2n) is 6.91. The maximum atomic E-state index is 13.9.